The molecule has 0 aromatic heterocycles. The Labute approximate surface area is 126 Å². The fraction of sp³-hybridized carbons (Fsp3) is 0.417. The van der Waals surface area contributed by atoms with Crippen LogP contribution in [0.3, 0.4) is 0 Å². The highest BCUT2D eigenvalue weighted by atomic mass is 79.9. The van der Waals surface area contributed by atoms with Gasteiger partial charge in [0, 0.05) is 21.8 Å². The van der Waals surface area contributed by atoms with Crippen molar-refractivity contribution in [2.75, 3.05) is 16.8 Å². The van der Waals surface area contributed by atoms with E-state index in [1.807, 2.05) is 18.2 Å². The van der Waals surface area contributed by atoms with E-state index in [4.69, 9.17) is 18.0 Å². The molecule has 4 nitrogen and oxygen atoms in total. The smallest absolute Gasteiger partial charge is 0.152 e. The zero-order chi connectivity index (χ0) is 14.0. The molecule has 0 amide bonds. The van der Waals surface area contributed by atoms with Crippen molar-refractivity contribution in [3.05, 3.63) is 28.2 Å². The maximum absolute atomic E-state index is 11.6. The molecule has 104 valence electrons. The van der Waals surface area contributed by atoms with E-state index in [1.165, 1.54) is 0 Å². The highest BCUT2D eigenvalue weighted by Gasteiger charge is 2.25. The van der Waals surface area contributed by atoms with Crippen molar-refractivity contribution >= 4 is 48.7 Å². The van der Waals surface area contributed by atoms with Gasteiger partial charge in [-0.3, -0.25) is 0 Å². The third-order valence-corrected chi connectivity index (χ3v) is 5.77. The lowest BCUT2D eigenvalue weighted by Crippen LogP contribution is -2.35. The van der Waals surface area contributed by atoms with E-state index in [0.717, 1.165) is 22.1 Å². The highest BCUT2D eigenvalue weighted by Crippen LogP contribution is 2.27. The number of nitrogens with two attached hydrogens (primary N) is 1. The van der Waals surface area contributed by atoms with Gasteiger partial charge in [-0.1, -0.05) is 18.3 Å². The van der Waals surface area contributed by atoms with E-state index in [0.29, 0.717) is 6.42 Å². The molecule has 19 heavy (non-hydrogen) atoms. The monoisotopic (exact) mass is 362 g/mol. The highest BCUT2D eigenvalue weighted by molar-refractivity contribution is 9.10. The van der Waals surface area contributed by atoms with Gasteiger partial charge in [0.05, 0.1) is 11.5 Å². The summed E-state index contributed by atoms with van der Waals surface area (Å²) in [6, 6.07) is 5.50. The van der Waals surface area contributed by atoms with Crippen molar-refractivity contribution in [3.8, 4) is 0 Å². The Morgan fingerprint density at radius 1 is 1.47 bits per heavy atom. The van der Waals surface area contributed by atoms with Crippen LogP contribution in [0.4, 0.5) is 5.69 Å². The maximum Gasteiger partial charge on any atom is 0.152 e. The molecule has 0 saturated carbocycles. The second-order valence-corrected chi connectivity index (χ2v) is 8.15. The molecule has 7 heteroatoms. The molecular formula is C12H15BrN2O2S2. The fourth-order valence-corrected chi connectivity index (χ4v) is 4.82. The summed E-state index contributed by atoms with van der Waals surface area (Å²) in [4.78, 5) is 0.286. The van der Waals surface area contributed by atoms with Crippen molar-refractivity contribution in [3.63, 3.8) is 0 Å². The Morgan fingerprint density at radius 3 is 2.84 bits per heavy atom. The normalized spacial score (nSPS) is 21.8. The van der Waals surface area contributed by atoms with Gasteiger partial charge in [0.1, 0.15) is 4.99 Å². The second-order valence-electron chi connectivity index (χ2n) is 4.62. The Bertz CT molecular complexity index is 602. The topological polar surface area (TPSA) is 72.2 Å². The van der Waals surface area contributed by atoms with E-state index >= 15 is 0 Å². The van der Waals surface area contributed by atoms with Crippen LogP contribution < -0.4 is 11.1 Å². The van der Waals surface area contributed by atoms with Crippen LogP contribution in [0, 0.1) is 0 Å². The van der Waals surface area contributed by atoms with E-state index in [2.05, 4.69) is 21.2 Å². The third-order valence-electron chi connectivity index (χ3n) is 3.08. The van der Waals surface area contributed by atoms with Crippen LogP contribution in [0.2, 0.25) is 0 Å². The van der Waals surface area contributed by atoms with Gasteiger partial charge in [-0.2, -0.15) is 0 Å². The molecule has 1 heterocycles. The molecule has 1 saturated heterocycles. The molecule has 3 N–H and O–H groups in total. The summed E-state index contributed by atoms with van der Waals surface area (Å²) < 4.78 is 24.1. The van der Waals surface area contributed by atoms with Crippen LogP contribution in [-0.2, 0) is 9.84 Å². The standard InChI is InChI=1S/C12H15BrN2O2S2/c13-9-4-1-5-10(11(9)12(14)18)15-8-3-2-6-19(16,17)7-8/h1,4-5,8,15H,2-3,6-7H2,(H2,14,18). The number of hydrogen-bond acceptors (Lipinski definition) is 4. The van der Waals surface area contributed by atoms with Crippen molar-refractivity contribution in [2.24, 2.45) is 5.73 Å². The number of halogens is 1. The minimum absolute atomic E-state index is 0.0823. The molecule has 1 atom stereocenters. The molecule has 1 unspecified atom stereocenters. The predicted octanol–water partition coefficient (Wildman–Crippen LogP) is 2.07. The Morgan fingerprint density at radius 2 is 2.21 bits per heavy atom. The molecule has 1 aliphatic heterocycles. The quantitative estimate of drug-likeness (QED) is 0.805. The van der Waals surface area contributed by atoms with Crippen molar-refractivity contribution in [2.45, 2.75) is 18.9 Å². The number of anilines is 1. The van der Waals surface area contributed by atoms with E-state index in [9.17, 15) is 8.42 Å². The number of benzene rings is 1. The molecule has 0 aliphatic carbocycles. The summed E-state index contributed by atoms with van der Waals surface area (Å²) in [5, 5.41) is 3.25. The molecule has 1 fully saturated rings. The fourth-order valence-electron chi connectivity index (χ4n) is 2.25. The summed E-state index contributed by atoms with van der Waals surface area (Å²) >= 11 is 8.45. The molecule has 0 bridgehead atoms. The van der Waals surface area contributed by atoms with Gasteiger partial charge < -0.3 is 11.1 Å². The lowest BCUT2D eigenvalue weighted by molar-refractivity contribution is 0.562. The van der Waals surface area contributed by atoms with Crippen LogP contribution in [0.15, 0.2) is 22.7 Å². The zero-order valence-corrected chi connectivity index (χ0v) is 13.4. The molecule has 0 radical (unpaired) electrons. The lowest BCUT2D eigenvalue weighted by atomic mass is 10.1. The van der Waals surface area contributed by atoms with Crippen LogP contribution in [-0.4, -0.2) is 31.0 Å². The minimum Gasteiger partial charge on any atom is -0.389 e. The van der Waals surface area contributed by atoms with Gasteiger partial charge in [-0.15, -0.1) is 0 Å². The first-order valence-electron chi connectivity index (χ1n) is 5.94. The summed E-state index contributed by atoms with van der Waals surface area (Å²) in [5.74, 6) is 0.447. The third kappa shape index (κ3) is 3.67. The van der Waals surface area contributed by atoms with Crippen LogP contribution >= 0.6 is 28.1 Å². The van der Waals surface area contributed by atoms with Crippen molar-refractivity contribution < 1.29 is 8.42 Å². The van der Waals surface area contributed by atoms with E-state index in [-0.39, 0.29) is 22.5 Å². The van der Waals surface area contributed by atoms with Crippen molar-refractivity contribution in [1.82, 2.24) is 0 Å². The number of rotatable bonds is 3. The molecule has 1 aromatic rings. The Balaban J connectivity index is 2.24. The summed E-state index contributed by atoms with van der Waals surface area (Å²) in [6.45, 7) is 0. The molecule has 2 rings (SSSR count). The average molecular weight is 363 g/mol. The van der Waals surface area contributed by atoms with Crippen LogP contribution in [0.5, 0.6) is 0 Å². The molecule has 1 aliphatic rings. The minimum atomic E-state index is -2.93. The van der Waals surface area contributed by atoms with Gasteiger partial charge in [0.2, 0.25) is 0 Å². The van der Waals surface area contributed by atoms with Crippen LogP contribution in [0.25, 0.3) is 0 Å². The maximum atomic E-state index is 11.6. The number of sulfone groups is 1. The van der Waals surface area contributed by atoms with Gasteiger partial charge in [0.15, 0.2) is 9.84 Å². The number of thiocarbonyl (C=S) groups is 1. The summed E-state index contributed by atoms with van der Waals surface area (Å²) in [6.07, 6.45) is 1.53. The molecule has 1 aromatic carbocycles. The van der Waals surface area contributed by atoms with Gasteiger partial charge in [-0.25, -0.2) is 8.42 Å². The Kier molecular flexibility index (Phi) is 4.47. The molecular weight excluding hydrogens is 348 g/mol. The van der Waals surface area contributed by atoms with E-state index < -0.39 is 9.84 Å². The lowest BCUT2D eigenvalue weighted by Gasteiger charge is -2.25. The van der Waals surface area contributed by atoms with Gasteiger partial charge in [0.25, 0.3) is 0 Å². The first kappa shape index (κ1) is 14.7. The second kappa shape index (κ2) is 5.76. The molecule has 0 spiro atoms. The number of nitrogens with one attached hydrogen (secondary N) is 1. The first-order valence-corrected chi connectivity index (χ1v) is 8.96. The SMILES string of the molecule is NC(=S)c1c(Br)cccc1NC1CCCS(=O)(=O)C1. The largest absolute Gasteiger partial charge is 0.389 e. The average Bonchev–Trinajstić information content (AvgIpc) is 2.26. The van der Waals surface area contributed by atoms with Gasteiger partial charge in [-0.05, 0) is 40.9 Å². The summed E-state index contributed by atoms with van der Waals surface area (Å²) in [5.41, 5.74) is 7.22. The Hall–Kier alpha value is -0.660. The zero-order valence-electron chi connectivity index (χ0n) is 10.2. The summed E-state index contributed by atoms with van der Waals surface area (Å²) in [7, 11) is -2.93. The predicted molar refractivity (Wildman–Crippen MR) is 85.3 cm³/mol. The first-order chi connectivity index (χ1) is 8.89. The number of hydrogen-bond donors (Lipinski definition) is 2. The van der Waals surface area contributed by atoms with Crippen molar-refractivity contribution in [1.29, 1.82) is 0 Å². The van der Waals surface area contributed by atoms with Crippen LogP contribution in [0.1, 0.15) is 18.4 Å². The van der Waals surface area contributed by atoms with Gasteiger partial charge >= 0.3 is 0 Å². The van der Waals surface area contributed by atoms with E-state index in [1.54, 1.807) is 0 Å².